The summed E-state index contributed by atoms with van der Waals surface area (Å²) in [6.07, 6.45) is -1.66. The van der Waals surface area contributed by atoms with Gasteiger partial charge < -0.3 is 9.80 Å². The van der Waals surface area contributed by atoms with E-state index in [0.717, 1.165) is 43.5 Å². The van der Waals surface area contributed by atoms with Crippen molar-refractivity contribution in [3.63, 3.8) is 0 Å². The van der Waals surface area contributed by atoms with Crippen LogP contribution in [0.2, 0.25) is 0 Å². The molecule has 1 aromatic heterocycles. The number of amides is 1. The minimum atomic E-state index is -4.41. The molecule has 2 fully saturated rings. The van der Waals surface area contributed by atoms with E-state index in [1.54, 1.807) is 0 Å². The smallest absolute Gasteiger partial charge is 0.370 e. The summed E-state index contributed by atoms with van der Waals surface area (Å²) in [4.78, 5) is 20.0. The Hall–Kier alpha value is -1.44. The molecule has 2 aliphatic heterocycles. The number of piperidine rings is 1. The number of pyridine rings is 1. The zero-order valence-corrected chi connectivity index (χ0v) is 14.1. The van der Waals surface area contributed by atoms with Gasteiger partial charge in [0.1, 0.15) is 5.69 Å². The van der Waals surface area contributed by atoms with Gasteiger partial charge in [-0.1, -0.05) is 0 Å². The fraction of sp³-hybridized carbons (Fsp3) is 0.625. The van der Waals surface area contributed by atoms with Crippen molar-refractivity contribution in [2.24, 2.45) is 5.92 Å². The van der Waals surface area contributed by atoms with Crippen LogP contribution in [-0.2, 0) is 11.0 Å². The highest BCUT2D eigenvalue weighted by molar-refractivity contribution is 7.99. The highest BCUT2D eigenvalue weighted by Crippen LogP contribution is 2.30. The molecule has 2 saturated heterocycles. The molecule has 0 aliphatic carbocycles. The van der Waals surface area contributed by atoms with Gasteiger partial charge in [0.2, 0.25) is 5.91 Å². The van der Waals surface area contributed by atoms with Crippen molar-refractivity contribution < 1.29 is 18.0 Å². The fourth-order valence-electron chi connectivity index (χ4n) is 3.17. The monoisotopic (exact) mass is 359 g/mol. The Labute approximate surface area is 143 Å². The summed E-state index contributed by atoms with van der Waals surface area (Å²) in [7, 11) is 0. The number of nitrogens with zero attached hydrogens (tertiary/aromatic N) is 3. The summed E-state index contributed by atoms with van der Waals surface area (Å²) >= 11 is 1.87. The van der Waals surface area contributed by atoms with Crippen LogP contribution in [0, 0.1) is 5.92 Å². The van der Waals surface area contributed by atoms with Crippen molar-refractivity contribution in [3.05, 3.63) is 24.0 Å². The number of anilines is 1. The van der Waals surface area contributed by atoms with Gasteiger partial charge in [-0.2, -0.15) is 24.9 Å². The van der Waals surface area contributed by atoms with Crippen LogP contribution < -0.4 is 4.90 Å². The molecule has 1 amide bonds. The Balaban J connectivity index is 1.55. The Bertz CT molecular complexity index is 565. The lowest BCUT2D eigenvalue weighted by Crippen LogP contribution is -2.45. The van der Waals surface area contributed by atoms with Gasteiger partial charge in [0.15, 0.2) is 0 Å². The van der Waals surface area contributed by atoms with Crippen molar-refractivity contribution in [2.45, 2.75) is 19.0 Å². The van der Waals surface area contributed by atoms with E-state index in [2.05, 4.69) is 4.98 Å². The van der Waals surface area contributed by atoms with Crippen molar-refractivity contribution in [3.8, 4) is 0 Å². The lowest BCUT2D eigenvalue weighted by Gasteiger charge is -2.36. The number of halogens is 3. The number of rotatable bonds is 2. The normalized spacial score (nSPS) is 20.3. The molecule has 8 heteroatoms. The highest BCUT2D eigenvalue weighted by atomic mass is 32.2. The minimum absolute atomic E-state index is 0.0340. The van der Waals surface area contributed by atoms with Gasteiger partial charge in [0.25, 0.3) is 0 Å². The van der Waals surface area contributed by atoms with Crippen LogP contribution in [-0.4, -0.2) is 53.5 Å². The number of carbonyl (C=O) groups is 1. The SMILES string of the molecule is O=C(C1CCN(c2ccc(C(F)(F)F)nc2)CC1)N1CCSCC1. The maximum atomic E-state index is 12.6. The maximum absolute atomic E-state index is 12.6. The fourth-order valence-corrected chi connectivity index (χ4v) is 4.07. The average molecular weight is 359 g/mol. The molecule has 0 spiro atoms. The Morgan fingerprint density at radius 3 is 2.33 bits per heavy atom. The van der Waals surface area contributed by atoms with Crippen molar-refractivity contribution in [1.29, 1.82) is 0 Å². The third kappa shape index (κ3) is 3.96. The second-order valence-electron chi connectivity index (χ2n) is 6.10. The molecule has 0 saturated carbocycles. The molecule has 1 aromatic rings. The van der Waals surface area contributed by atoms with Crippen LogP contribution in [0.5, 0.6) is 0 Å². The molecule has 0 radical (unpaired) electrons. The van der Waals surface area contributed by atoms with Crippen LogP contribution in [0.25, 0.3) is 0 Å². The maximum Gasteiger partial charge on any atom is 0.433 e. The van der Waals surface area contributed by atoms with E-state index in [1.165, 1.54) is 12.3 Å². The van der Waals surface area contributed by atoms with Crippen LogP contribution >= 0.6 is 11.8 Å². The van der Waals surface area contributed by atoms with E-state index in [4.69, 9.17) is 0 Å². The lowest BCUT2D eigenvalue weighted by atomic mass is 9.95. The molecule has 3 heterocycles. The van der Waals surface area contributed by atoms with Crippen LogP contribution in [0.15, 0.2) is 18.3 Å². The van der Waals surface area contributed by atoms with Crippen LogP contribution in [0.3, 0.4) is 0 Å². The quantitative estimate of drug-likeness (QED) is 0.814. The predicted octanol–water partition coefficient (Wildman–Crippen LogP) is 2.89. The van der Waals surface area contributed by atoms with E-state index in [0.29, 0.717) is 18.8 Å². The molecule has 0 unspecified atom stereocenters. The van der Waals surface area contributed by atoms with Crippen molar-refractivity contribution >= 4 is 23.4 Å². The third-order valence-electron chi connectivity index (χ3n) is 4.57. The van der Waals surface area contributed by atoms with Crippen molar-refractivity contribution in [1.82, 2.24) is 9.88 Å². The standard InChI is InChI=1S/C16H20F3N3OS/c17-16(18,19)14-2-1-13(11-20-14)21-5-3-12(4-6-21)15(23)22-7-9-24-10-8-22/h1-2,11-12H,3-10H2. The van der Waals surface area contributed by atoms with Gasteiger partial charge in [0, 0.05) is 43.6 Å². The first-order chi connectivity index (χ1) is 11.4. The largest absolute Gasteiger partial charge is 0.433 e. The van der Waals surface area contributed by atoms with Gasteiger partial charge in [0.05, 0.1) is 11.9 Å². The zero-order valence-electron chi connectivity index (χ0n) is 13.3. The van der Waals surface area contributed by atoms with Gasteiger partial charge in [-0.3, -0.25) is 4.79 Å². The summed E-state index contributed by atoms with van der Waals surface area (Å²) < 4.78 is 37.7. The lowest BCUT2D eigenvalue weighted by molar-refractivity contribution is -0.141. The molecule has 3 rings (SSSR count). The number of hydrogen-bond acceptors (Lipinski definition) is 4. The molecule has 0 bridgehead atoms. The molecule has 0 aromatic carbocycles. The first kappa shape index (κ1) is 17.4. The molecular formula is C16H20F3N3OS. The molecule has 24 heavy (non-hydrogen) atoms. The summed E-state index contributed by atoms with van der Waals surface area (Å²) in [6, 6.07) is 2.47. The third-order valence-corrected chi connectivity index (χ3v) is 5.51. The average Bonchev–Trinajstić information content (AvgIpc) is 2.61. The Morgan fingerprint density at radius 2 is 1.79 bits per heavy atom. The predicted molar refractivity (Wildman–Crippen MR) is 88.1 cm³/mol. The second kappa shape index (κ2) is 7.21. The van der Waals surface area contributed by atoms with E-state index < -0.39 is 11.9 Å². The summed E-state index contributed by atoms with van der Waals surface area (Å²) in [5.74, 6) is 2.27. The number of alkyl halides is 3. The number of hydrogen-bond donors (Lipinski definition) is 0. The van der Waals surface area contributed by atoms with Gasteiger partial charge >= 0.3 is 6.18 Å². The van der Waals surface area contributed by atoms with E-state index in [1.807, 2.05) is 21.6 Å². The summed E-state index contributed by atoms with van der Waals surface area (Å²) in [5, 5.41) is 0. The molecule has 0 atom stereocenters. The first-order valence-corrected chi connectivity index (χ1v) is 9.25. The molecule has 2 aliphatic rings. The van der Waals surface area contributed by atoms with Crippen LogP contribution in [0.1, 0.15) is 18.5 Å². The van der Waals surface area contributed by atoms with Gasteiger partial charge in [-0.05, 0) is 25.0 Å². The number of aromatic nitrogens is 1. The van der Waals surface area contributed by atoms with E-state index in [9.17, 15) is 18.0 Å². The first-order valence-electron chi connectivity index (χ1n) is 8.10. The Morgan fingerprint density at radius 1 is 1.12 bits per heavy atom. The molecule has 4 nitrogen and oxygen atoms in total. The second-order valence-corrected chi connectivity index (χ2v) is 7.32. The van der Waals surface area contributed by atoms with Crippen LogP contribution in [0.4, 0.5) is 18.9 Å². The topological polar surface area (TPSA) is 36.4 Å². The van der Waals surface area contributed by atoms with E-state index >= 15 is 0 Å². The number of carbonyl (C=O) groups excluding carboxylic acids is 1. The number of thioether (sulfide) groups is 1. The van der Waals surface area contributed by atoms with Crippen molar-refractivity contribution in [2.75, 3.05) is 42.6 Å². The van der Waals surface area contributed by atoms with E-state index in [-0.39, 0.29) is 11.8 Å². The Kier molecular flexibility index (Phi) is 5.22. The highest BCUT2D eigenvalue weighted by Gasteiger charge is 2.33. The van der Waals surface area contributed by atoms with Gasteiger partial charge in [-0.25, -0.2) is 4.98 Å². The molecular weight excluding hydrogens is 339 g/mol. The minimum Gasteiger partial charge on any atom is -0.370 e. The summed E-state index contributed by atoms with van der Waals surface area (Å²) in [6.45, 7) is 3.00. The molecule has 0 N–H and O–H groups in total. The molecule has 132 valence electrons. The zero-order chi connectivity index (χ0) is 17.2. The summed E-state index contributed by atoms with van der Waals surface area (Å²) in [5.41, 5.74) is -0.192. The van der Waals surface area contributed by atoms with Gasteiger partial charge in [-0.15, -0.1) is 0 Å².